The Bertz CT molecular complexity index is 1010. The molecule has 0 unspecified atom stereocenters. The van der Waals surface area contributed by atoms with Gasteiger partial charge in [-0.3, -0.25) is 9.78 Å². The number of benzene rings is 1. The van der Waals surface area contributed by atoms with Crippen LogP contribution in [-0.4, -0.2) is 30.7 Å². The van der Waals surface area contributed by atoms with Gasteiger partial charge in [-0.2, -0.15) is 9.61 Å². The predicted molar refractivity (Wildman–Crippen MR) is 97.2 cm³/mol. The molecular weight excluding hydrogens is 404 g/mol. The summed E-state index contributed by atoms with van der Waals surface area (Å²) >= 11 is 4.79. The third kappa shape index (κ3) is 3.42. The first kappa shape index (κ1) is 15.9. The highest BCUT2D eigenvalue weighted by atomic mass is 79.9. The van der Waals surface area contributed by atoms with Crippen LogP contribution in [0.25, 0.3) is 15.5 Å². The third-order valence-electron chi connectivity index (χ3n) is 3.51. The fourth-order valence-electron chi connectivity index (χ4n) is 2.26. The highest BCUT2D eigenvalue weighted by Crippen LogP contribution is 2.24. The first-order valence-electron chi connectivity index (χ1n) is 7.34. The molecule has 1 amide bonds. The standard InChI is InChI=1S/C16H11BrN6OS/c17-13-5-12(7-18-8-13)14(24)19-6-10-1-3-11(4-2-10)15-22-23-9-20-21-16(23)25-15/h1-5,7-9H,6H2,(H,19,24). The van der Waals surface area contributed by atoms with Crippen LogP contribution >= 0.6 is 27.3 Å². The smallest absolute Gasteiger partial charge is 0.253 e. The number of nitrogens with one attached hydrogen (secondary N) is 1. The number of nitrogens with zero attached hydrogens (tertiary/aromatic N) is 5. The van der Waals surface area contributed by atoms with E-state index in [9.17, 15) is 4.79 Å². The summed E-state index contributed by atoms with van der Waals surface area (Å²) in [5.41, 5.74) is 2.52. The lowest BCUT2D eigenvalue weighted by molar-refractivity contribution is 0.0950. The first-order chi connectivity index (χ1) is 12.2. The zero-order valence-electron chi connectivity index (χ0n) is 12.8. The molecule has 3 aromatic heterocycles. The zero-order chi connectivity index (χ0) is 17.2. The first-order valence-corrected chi connectivity index (χ1v) is 8.95. The van der Waals surface area contributed by atoms with E-state index in [1.165, 1.54) is 17.5 Å². The molecule has 0 radical (unpaired) electrons. The number of hydrogen-bond acceptors (Lipinski definition) is 6. The van der Waals surface area contributed by atoms with Crippen molar-refractivity contribution in [1.82, 2.24) is 30.1 Å². The molecule has 0 saturated heterocycles. The van der Waals surface area contributed by atoms with Crippen LogP contribution in [0.5, 0.6) is 0 Å². The lowest BCUT2D eigenvalue weighted by Gasteiger charge is -2.06. The summed E-state index contributed by atoms with van der Waals surface area (Å²) in [7, 11) is 0. The fraction of sp³-hybridized carbons (Fsp3) is 0.0625. The van der Waals surface area contributed by atoms with Crippen LogP contribution < -0.4 is 5.32 Å². The van der Waals surface area contributed by atoms with Crippen molar-refractivity contribution in [2.24, 2.45) is 0 Å². The van der Waals surface area contributed by atoms with Crippen LogP contribution in [0, 0.1) is 0 Å². The number of amides is 1. The van der Waals surface area contributed by atoms with E-state index in [0.717, 1.165) is 25.6 Å². The maximum atomic E-state index is 12.1. The average Bonchev–Trinajstić information content (AvgIpc) is 3.22. The van der Waals surface area contributed by atoms with Gasteiger partial charge in [-0.15, -0.1) is 10.2 Å². The van der Waals surface area contributed by atoms with Crippen molar-refractivity contribution in [3.8, 4) is 10.6 Å². The van der Waals surface area contributed by atoms with Crippen LogP contribution in [0.15, 0.2) is 53.5 Å². The lowest BCUT2D eigenvalue weighted by Crippen LogP contribution is -2.22. The number of rotatable bonds is 4. The third-order valence-corrected chi connectivity index (χ3v) is 4.90. The second-order valence-electron chi connectivity index (χ2n) is 5.24. The Morgan fingerprint density at radius 2 is 2.08 bits per heavy atom. The molecule has 1 aromatic carbocycles. The number of pyridine rings is 1. The van der Waals surface area contributed by atoms with Gasteiger partial charge in [-0.25, -0.2) is 0 Å². The Kier molecular flexibility index (Phi) is 4.24. The SMILES string of the molecule is O=C(NCc1ccc(-c2nn3cnnc3s2)cc1)c1cncc(Br)c1. The van der Waals surface area contributed by atoms with Crippen molar-refractivity contribution < 1.29 is 4.79 Å². The Morgan fingerprint density at radius 1 is 1.24 bits per heavy atom. The van der Waals surface area contributed by atoms with Crippen molar-refractivity contribution >= 4 is 38.1 Å². The number of carbonyl (C=O) groups excluding carboxylic acids is 1. The van der Waals surface area contributed by atoms with E-state index >= 15 is 0 Å². The highest BCUT2D eigenvalue weighted by Gasteiger charge is 2.09. The average molecular weight is 415 g/mol. The number of carbonyl (C=O) groups is 1. The molecule has 0 atom stereocenters. The van der Waals surface area contributed by atoms with E-state index in [4.69, 9.17) is 0 Å². The summed E-state index contributed by atoms with van der Waals surface area (Å²) in [6.07, 6.45) is 4.76. The van der Waals surface area contributed by atoms with Gasteiger partial charge in [-0.1, -0.05) is 35.6 Å². The molecule has 3 heterocycles. The van der Waals surface area contributed by atoms with Gasteiger partial charge in [-0.05, 0) is 27.6 Å². The number of halogens is 1. The number of aromatic nitrogens is 5. The molecule has 0 aliphatic carbocycles. The van der Waals surface area contributed by atoms with Gasteiger partial charge < -0.3 is 5.32 Å². The second kappa shape index (κ2) is 6.69. The maximum absolute atomic E-state index is 12.1. The summed E-state index contributed by atoms with van der Waals surface area (Å²) in [6.45, 7) is 0.441. The zero-order valence-corrected chi connectivity index (χ0v) is 15.2. The van der Waals surface area contributed by atoms with Gasteiger partial charge in [0.2, 0.25) is 4.96 Å². The van der Waals surface area contributed by atoms with Crippen molar-refractivity contribution in [3.05, 3.63) is 64.7 Å². The van der Waals surface area contributed by atoms with E-state index in [0.29, 0.717) is 12.1 Å². The number of hydrogen-bond donors (Lipinski definition) is 1. The highest BCUT2D eigenvalue weighted by molar-refractivity contribution is 9.10. The molecule has 9 heteroatoms. The second-order valence-corrected chi connectivity index (χ2v) is 7.11. The van der Waals surface area contributed by atoms with E-state index in [1.807, 2.05) is 24.3 Å². The topological polar surface area (TPSA) is 85.1 Å². The van der Waals surface area contributed by atoms with E-state index in [1.54, 1.807) is 23.1 Å². The molecule has 0 aliphatic rings. The lowest BCUT2D eigenvalue weighted by atomic mass is 10.1. The molecular formula is C16H11BrN6OS. The predicted octanol–water partition coefficient (Wildman–Crippen LogP) is 2.94. The molecule has 25 heavy (non-hydrogen) atoms. The molecule has 0 bridgehead atoms. The van der Waals surface area contributed by atoms with Crippen LogP contribution in [0.2, 0.25) is 0 Å². The van der Waals surface area contributed by atoms with Crippen LogP contribution in [0.1, 0.15) is 15.9 Å². The van der Waals surface area contributed by atoms with Gasteiger partial charge >= 0.3 is 0 Å². The molecule has 0 spiro atoms. The summed E-state index contributed by atoms with van der Waals surface area (Å²) < 4.78 is 2.43. The molecule has 1 N–H and O–H groups in total. The summed E-state index contributed by atoms with van der Waals surface area (Å²) in [5.74, 6) is -0.161. The van der Waals surface area contributed by atoms with Gasteiger partial charge in [0.15, 0.2) is 0 Å². The van der Waals surface area contributed by atoms with E-state index in [2.05, 4.69) is 41.5 Å². The van der Waals surface area contributed by atoms with Crippen molar-refractivity contribution in [3.63, 3.8) is 0 Å². The molecule has 7 nitrogen and oxygen atoms in total. The van der Waals surface area contributed by atoms with Gasteiger partial charge in [0, 0.05) is 29.0 Å². The quantitative estimate of drug-likeness (QED) is 0.554. The molecule has 4 rings (SSSR count). The normalized spacial score (nSPS) is 10.9. The van der Waals surface area contributed by atoms with Crippen molar-refractivity contribution in [1.29, 1.82) is 0 Å². The fourth-order valence-corrected chi connectivity index (χ4v) is 3.45. The minimum Gasteiger partial charge on any atom is -0.348 e. The molecule has 0 fully saturated rings. The van der Waals surface area contributed by atoms with Gasteiger partial charge in [0.25, 0.3) is 5.91 Å². The van der Waals surface area contributed by atoms with Crippen molar-refractivity contribution in [2.75, 3.05) is 0 Å². The van der Waals surface area contributed by atoms with Crippen LogP contribution in [-0.2, 0) is 6.54 Å². The largest absolute Gasteiger partial charge is 0.348 e. The summed E-state index contributed by atoms with van der Waals surface area (Å²) in [6, 6.07) is 9.63. The van der Waals surface area contributed by atoms with E-state index < -0.39 is 0 Å². The summed E-state index contributed by atoms with van der Waals surface area (Å²) in [4.78, 5) is 16.9. The Balaban J connectivity index is 1.43. The number of fused-ring (bicyclic) bond motifs is 1. The van der Waals surface area contributed by atoms with E-state index in [-0.39, 0.29) is 5.91 Å². The van der Waals surface area contributed by atoms with Gasteiger partial charge in [0.1, 0.15) is 11.3 Å². The molecule has 124 valence electrons. The molecule has 0 saturated carbocycles. The Labute approximate surface area is 154 Å². The summed E-state index contributed by atoms with van der Waals surface area (Å²) in [5, 5.41) is 16.0. The van der Waals surface area contributed by atoms with Crippen LogP contribution in [0.3, 0.4) is 0 Å². The Hall–Kier alpha value is -2.65. The molecule has 4 aromatic rings. The maximum Gasteiger partial charge on any atom is 0.253 e. The molecule has 0 aliphatic heterocycles. The van der Waals surface area contributed by atoms with Gasteiger partial charge in [0.05, 0.1) is 5.56 Å². The van der Waals surface area contributed by atoms with Crippen molar-refractivity contribution in [2.45, 2.75) is 6.54 Å². The van der Waals surface area contributed by atoms with Crippen LogP contribution in [0.4, 0.5) is 0 Å². The monoisotopic (exact) mass is 414 g/mol. The Morgan fingerprint density at radius 3 is 2.84 bits per heavy atom. The minimum absolute atomic E-state index is 0.161. The minimum atomic E-state index is -0.161.